The standard InChI is InChI=1S/C12H17NOP/c14-15-13-12-8-6-11(7-9-12)10-4-2-1-3-5-10/h1-5,11-13,15H,6-9H2/q-1. The molecule has 15 heavy (non-hydrogen) atoms. The first-order chi connectivity index (χ1) is 7.40. The van der Waals surface area contributed by atoms with Crippen LogP contribution < -0.4 is 9.98 Å². The lowest BCUT2D eigenvalue weighted by molar-refractivity contribution is -0.153. The van der Waals surface area contributed by atoms with Gasteiger partial charge in [-0.1, -0.05) is 30.3 Å². The van der Waals surface area contributed by atoms with E-state index < -0.39 is 0 Å². The van der Waals surface area contributed by atoms with Gasteiger partial charge in [0.05, 0.1) is 0 Å². The topological polar surface area (TPSA) is 35.1 Å². The Hall–Kier alpha value is -0.430. The van der Waals surface area contributed by atoms with Gasteiger partial charge in [-0.05, 0) is 37.2 Å². The molecule has 1 aliphatic carbocycles. The van der Waals surface area contributed by atoms with E-state index in [0.717, 1.165) is 12.8 Å². The highest BCUT2D eigenvalue weighted by molar-refractivity contribution is 7.26. The van der Waals surface area contributed by atoms with Crippen molar-refractivity contribution in [3.63, 3.8) is 0 Å². The van der Waals surface area contributed by atoms with Crippen LogP contribution in [0.2, 0.25) is 0 Å². The van der Waals surface area contributed by atoms with E-state index in [1.54, 1.807) is 0 Å². The summed E-state index contributed by atoms with van der Waals surface area (Å²) in [5.41, 5.74) is 1.46. The number of rotatable bonds is 3. The molecular weight excluding hydrogens is 205 g/mol. The molecule has 0 bridgehead atoms. The van der Waals surface area contributed by atoms with E-state index in [2.05, 4.69) is 35.4 Å². The first-order valence-corrected chi connectivity index (χ1v) is 6.48. The van der Waals surface area contributed by atoms with Crippen LogP contribution in [0.25, 0.3) is 0 Å². The van der Waals surface area contributed by atoms with Crippen molar-refractivity contribution in [2.24, 2.45) is 0 Å². The average Bonchev–Trinajstić information content (AvgIpc) is 2.32. The van der Waals surface area contributed by atoms with Gasteiger partial charge in [0.1, 0.15) is 0 Å². The molecule has 3 heteroatoms. The van der Waals surface area contributed by atoms with Crippen LogP contribution in [0.5, 0.6) is 0 Å². The summed E-state index contributed by atoms with van der Waals surface area (Å²) in [5, 5.41) is 3.03. The van der Waals surface area contributed by atoms with Gasteiger partial charge in [-0.2, -0.15) is 0 Å². The van der Waals surface area contributed by atoms with E-state index in [-0.39, 0.29) is 8.96 Å². The Morgan fingerprint density at radius 1 is 1.07 bits per heavy atom. The Morgan fingerprint density at radius 3 is 2.33 bits per heavy atom. The van der Waals surface area contributed by atoms with Gasteiger partial charge in [-0.15, -0.1) is 8.96 Å². The summed E-state index contributed by atoms with van der Waals surface area (Å²) in [5.74, 6) is 0.708. The molecule has 1 N–H and O–H groups in total. The van der Waals surface area contributed by atoms with Crippen molar-refractivity contribution in [3.8, 4) is 0 Å². The molecule has 1 saturated carbocycles. The fourth-order valence-corrected chi connectivity index (χ4v) is 2.83. The Kier molecular flexibility index (Phi) is 4.13. The number of hydrogen-bond acceptors (Lipinski definition) is 2. The van der Waals surface area contributed by atoms with Crippen molar-refractivity contribution in [1.82, 2.24) is 5.09 Å². The summed E-state index contributed by atoms with van der Waals surface area (Å²) in [6.07, 6.45) is 4.72. The summed E-state index contributed by atoms with van der Waals surface area (Å²) in [7, 11) is -0.353. The number of nitrogens with one attached hydrogen (secondary N) is 1. The fraction of sp³-hybridized carbons (Fsp3) is 0.500. The monoisotopic (exact) mass is 222 g/mol. The van der Waals surface area contributed by atoms with Crippen LogP contribution in [-0.2, 0) is 0 Å². The van der Waals surface area contributed by atoms with E-state index in [1.807, 2.05) is 0 Å². The van der Waals surface area contributed by atoms with Gasteiger partial charge >= 0.3 is 0 Å². The summed E-state index contributed by atoms with van der Waals surface area (Å²) in [6.45, 7) is 0. The molecule has 1 aliphatic rings. The van der Waals surface area contributed by atoms with Crippen molar-refractivity contribution < 1.29 is 4.89 Å². The molecule has 82 valence electrons. The Morgan fingerprint density at radius 2 is 1.73 bits per heavy atom. The minimum Gasteiger partial charge on any atom is -0.820 e. The van der Waals surface area contributed by atoms with E-state index >= 15 is 0 Å². The maximum Gasteiger partial charge on any atom is 0.00891 e. The summed E-state index contributed by atoms with van der Waals surface area (Å²) in [4.78, 5) is 10.5. The maximum absolute atomic E-state index is 10.5. The van der Waals surface area contributed by atoms with Crippen LogP contribution in [-0.4, -0.2) is 6.04 Å². The second-order valence-corrected chi connectivity index (χ2v) is 4.70. The molecule has 2 nitrogen and oxygen atoms in total. The van der Waals surface area contributed by atoms with Crippen molar-refractivity contribution in [2.75, 3.05) is 0 Å². The van der Waals surface area contributed by atoms with Crippen LogP contribution in [0.4, 0.5) is 0 Å². The molecule has 0 aromatic heterocycles. The molecule has 0 radical (unpaired) electrons. The Bertz CT molecular complexity index is 283. The number of benzene rings is 1. The van der Waals surface area contributed by atoms with Gasteiger partial charge in [-0.25, -0.2) is 0 Å². The van der Waals surface area contributed by atoms with Crippen molar-refractivity contribution in [2.45, 2.75) is 37.6 Å². The van der Waals surface area contributed by atoms with Gasteiger partial charge in [0.15, 0.2) is 0 Å². The van der Waals surface area contributed by atoms with Crippen LogP contribution in [0.1, 0.15) is 37.2 Å². The molecular formula is C12H17NOP-. The van der Waals surface area contributed by atoms with Crippen molar-refractivity contribution in [1.29, 1.82) is 0 Å². The normalized spacial score (nSPS) is 27.3. The second kappa shape index (κ2) is 5.60. The zero-order chi connectivity index (χ0) is 10.5. The van der Waals surface area contributed by atoms with Crippen LogP contribution in [0.15, 0.2) is 30.3 Å². The molecule has 1 aromatic carbocycles. The van der Waals surface area contributed by atoms with Crippen LogP contribution in [0.3, 0.4) is 0 Å². The molecule has 1 unspecified atom stereocenters. The van der Waals surface area contributed by atoms with Crippen LogP contribution >= 0.6 is 8.96 Å². The molecule has 0 heterocycles. The predicted octanol–water partition coefficient (Wildman–Crippen LogP) is 2.17. The summed E-state index contributed by atoms with van der Waals surface area (Å²) in [6, 6.07) is 11.2. The Balaban J connectivity index is 1.88. The predicted molar refractivity (Wildman–Crippen MR) is 62.9 cm³/mol. The summed E-state index contributed by atoms with van der Waals surface area (Å²) < 4.78 is 0. The Labute approximate surface area is 93.0 Å². The lowest BCUT2D eigenvalue weighted by Crippen LogP contribution is -2.28. The summed E-state index contributed by atoms with van der Waals surface area (Å²) >= 11 is 0. The molecule has 0 amide bonds. The average molecular weight is 222 g/mol. The highest BCUT2D eigenvalue weighted by atomic mass is 31.1. The third kappa shape index (κ3) is 3.01. The molecule has 1 fully saturated rings. The smallest absolute Gasteiger partial charge is 0.00891 e. The lowest BCUT2D eigenvalue weighted by atomic mass is 9.82. The molecule has 0 saturated heterocycles. The fourth-order valence-electron chi connectivity index (χ4n) is 2.38. The van der Waals surface area contributed by atoms with E-state index in [1.165, 1.54) is 18.4 Å². The van der Waals surface area contributed by atoms with Crippen molar-refractivity contribution in [3.05, 3.63) is 35.9 Å². The molecule has 0 spiro atoms. The minimum absolute atomic E-state index is 0.353. The highest BCUT2D eigenvalue weighted by Crippen LogP contribution is 2.33. The van der Waals surface area contributed by atoms with E-state index in [4.69, 9.17) is 0 Å². The highest BCUT2D eigenvalue weighted by Gasteiger charge is 2.20. The van der Waals surface area contributed by atoms with Gasteiger partial charge in [-0.3, -0.25) is 0 Å². The first-order valence-electron chi connectivity index (χ1n) is 5.58. The zero-order valence-corrected chi connectivity index (χ0v) is 9.78. The maximum atomic E-state index is 10.5. The first kappa shape index (κ1) is 11.1. The van der Waals surface area contributed by atoms with Gasteiger partial charge in [0.25, 0.3) is 0 Å². The third-order valence-electron chi connectivity index (χ3n) is 3.26. The third-order valence-corrected chi connectivity index (χ3v) is 3.79. The van der Waals surface area contributed by atoms with Gasteiger partial charge in [0, 0.05) is 6.04 Å². The molecule has 0 aliphatic heterocycles. The molecule has 1 atom stereocenters. The van der Waals surface area contributed by atoms with Gasteiger partial charge < -0.3 is 9.98 Å². The van der Waals surface area contributed by atoms with Crippen molar-refractivity contribution >= 4 is 8.96 Å². The second-order valence-electron chi connectivity index (χ2n) is 4.21. The molecule has 2 rings (SSSR count). The lowest BCUT2D eigenvalue weighted by Gasteiger charge is -2.30. The van der Waals surface area contributed by atoms with E-state index in [9.17, 15) is 4.89 Å². The van der Waals surface area contributed by atoms with Crippen LogP contribution in [0, 0.1) is 0 Å². The minimum atomic E-state index is -0.353. The number of hydrogen-bond donors (Lipinski definition) is 1. The quantitative estimate of drug-likeness (QED) is 0.795. The zero-order valence-electron chi connectivity index (χ0n) is 8.78. The largest absolute Gasteiger partial charge is 0.820 e. The van der Waals surface area contributed by atoms with Gasteiger partial charge in [0.2, 0.25) is 0 Å². The SMILES string of the molecule is [O-]PNC1CCC(c2ccccc2)CC1. The molecule has 1 aromatic rings. The van der Waals surface area contributed by atoms with E-state index in [0.29, 0.717) is 12.0 Å².